The number of H-pyrrole nitrogens is 1. The smallest absolute Gasteiger partial charge is 0.416 e. The van der Waals surface area contributed by atoms with E-state index in [-0.39, 0.29) is 13.0 Å². The van der Waals surface area contributed by atoms with E-state index >= 15 is 0 Å². The first kappa shape index (κ1) is 22.8. The number of alkyl halides is 3. The van der Waals surface area contributed by atoms with Gasteiger partial charge in [-0.05, 0) is 42.3 Å². The van der Waals surface area contributed by atoms with Gasteiger partial charge in [-0.25, -0.2) is 4.98 Å². The molecule has 33 heavy (non-hydrogen) atoms. The Morgan fingerprint density at radius 2 is 1.94 bits per heavy atom. The van der Waals surface area contributed by atoms with E-state index < -0.39 is 17.7 Å². The molecular weight excluding hydrogens is 453 g/mol. The molecule has 4 rings (SSSR count). The molecule has 172 valence electrons. The molecule has 0 aliphatic rings. The average Bonchev–Trinajstić information content (AvgIpc) is 3.35. The molecule has 4 aromatic rings. The number of nitrogens with one attached hydrogen (secondary N) is 1. The Hall–Kier alpha value is -3.33. The van der Waals surface area contributed by atoms with E-state index in [0.29, 0.717) is 21.9 Å². The summed E-state index contributed by atoms with van der Waals surface area (Å²) in [6.07, 6.45) is -1.18. The van der Waals surface area contributed by atoms with E-state index in [1.807, 2.05) is 13.0 Å². The largest absolute Gasteiger partial charge is 0.488 e. The van der Waals surface area contributed by atoms with Gasteiger partial charge in [-0.15, -0.1) is 11.3 Å². The molecule has 0 aliphatic heterocycles. The summed E-state index contributed by atoms with van der Waals surface area (Å²) in [5.74, 6) is -0.312. The number of carboxylic acid groups (broad SMARTS) is 1. The van der Waals surface area contributed by atoms with Gasteiger partial charge < -0.3 is 14.8 Å². The summed E-state index contributed by atoms with van der Waals surface area (Å²) in [6.45, 7) is 2.30. The molecule has 5 nitrogen and oxygen atoms in total. The van der Waals surface area contributed by atoms with Crippen molar-refractivity contribution in [3.63, 3.8) is 0 Å². The third-order valence-corrected chi connectivity index (χ3v) is 6.29. The molecule has 2 aromatic heterocycles. The molecule has 0 aliphatic carbocycles. The predicted molar refractivity (Wildman–Crippen MR) is 121 cm³/mol. The van der Waals surface area contributed by atoms with E-state index in [1.165, 1.54) is 23.5 Å². The van der Waals surface area contributed by atoms with Crippen LogP contribution in [0.5, 0.6) is 5.75 Å². The van der Waals surface area contributed by atoms with E-state index in [1.54, 1.807) is 18.3 Å². The first-order valence-electron chi connectivity index (χ1n) is 10.4. The summed E-state index contributed by atoms with van der Waals surface area (Å²) in [4.78, 5) is 19.7. The highest BCUT2D eigenvalue weighted by Crippen LogP contribution is 2.34. The van der Waals surface area contributed by atoms with Crippen molar-refractivity contribution >= 4 is 28.2 Å². The molecule has 0 atom stereocenters. The highest BCUT2D eigenvalue weighted by molar-refractivity contribution is 7.15. The fourth-order valence-corrected chi connectivity index (χ4v) is 4.59. The summed E-state index contributed by atoms with van der Waals surface area (Å²) in [6, 6.07) is 10.4. The number of aromatic amines is 1. The third kappa shape index (κ3) is 5.19. The number of rotatable bonds is 8. The number of aromatic nitrogens is 2. The number of thiazole rings is 1. The van der Waals surface area contributed by atoms with Crippen molar-refractivity contribution < 1.29 is 27.8 Å². The van der Waals surface area contributed by atoms with Crippen LogP contribution in [0, 0.1) is 0 Å². The number of carbonyl (C=O) groups is 1. The third-order valence-electron chi connectivity index (χ3n) is 5.17. The van der Waals surface area contributed by atoms with Crippen molar-refractivity contribution in [3.05, 3.63) is 70.4 Å². The number of hydrogen-bond acceptors (Lipinski definition) is 4. The minimum Gasteiger partial charge on any atom is -0.488 e. The summed E-state index contributed by atoms with van der Waals surface area (Å²) >= 11 is 1.40. The quantitative estimate of drug-likeness (QED) is 0.307. The molecule has 2 aromatic carbocycles. The number of halogens is 3. The fraction of sp³-hybridized carbons (Fsp3) is 0.250. The normalized spacial score (nSPS) is 11.8. The van der Waals surface area contributed by atoms with Crippen molar-refractivity contribution in [2.75, 3.05) is 0 Å². The maximum absolute atomic E-state index is 12.9. The van der Waals surface area contributed by atoms with Crippen LogP contribution in [0.4, 0.5) is 13.2 Å². The Bertz CT molecular complexity index is 1280. The molecule has 0 amide bonds. The van der Waals surface area contributed by atoms with Crippen molar-refractivity contribution in [1.29, 1.82) is 0 Å². The van der Waals surface area contributed by atoms with Crippen LogP contribution < -0.4 is 4.74 Å². The van der Waals surface area contributed by atoms with Crippen LogP contribution in [0.3, 0.4) is 0 Å². The number of ether oxygens (including phenoxy) is 1. The SMILES string of the molecule is CCCc1nc(-c2ccc(C(F)(F)F)cc2)sc1COc1ccc2[nH]cc(CC(=O)O)c2c1. The molecule has 2 N–H and O–H groups in total. The standard InChI is InChI=1S/C24H21F3N2O3S/c1-2-3-20-21(33-23(29-20)14-4-6-16(7-5-14)24(25,26)27)13-32-17-8-9-19-18(11-17)15(12-28-19)10-22(30)31/h4-9,11-12,28H,2-3,10,13H2,1H3,(H,30,31). The van der Waals surface area contributed by atoms with Gasteiger partial charge in [0.15, 0.2) is 0 Å². The second-order valence-corrected chi connectivity index (χ2v) is 8.68. The van der Waals surface area contributed by atoms with Crippen LogP contribution in [0.15, 0.2) is 48.7 Å². The number of fused-ring (bicyclic) bond motifs is 1. The second kappa shape index (κ2) is 9.27. The van der Waals surface area contributed by atoms with Gasteiger partial charge in [0.25, 0.3) is 0 Å². The van der Waals surface area contributed by atoms with E-state index in [4.69, 9.17) is 9.84 Å². The lowest BCUT2D eigenvalue weighted by molar-refractivity contribution is -0.138. The topological polar surface area (TPSA) is 75.2 Å². The number of benzene rings is 2. The highest BCUT2D eigenvalue weighted by Gasteiger charge is 2.30. The lowest BCUT2D eigenvalue weighted by Crippen LogP contribution is -2.03. The van der Waals surface area contributed by atoms with Gasteiger partial charge >= 0.3 is 12.1 Å². The van der Waals surface area contributed by atoms with Crippen molar-refractivity contribution in [3.8, 4) is 16.3 Å². The molecule has 0 bridgehead atoms. The number of aryl methyl sites for hydroxylation is 1. The van der Waals surface area contributed by atoms with Crippen LogP contribution in [-0.4, -0.2) is 21.0 Å². The van der Waals surface area contributed by atoms with Gasteiger partial charge in [-0.3, -0.25) is 4.79 Å². The number of hydrogen-bond donors (Lipinski definition) is 2. The maximum atomic E-state index is 12.9. The van der Waals surface area contributed by atoms with Crippen molar-refractivity contribution in [2.45, 2.75) is 39.0 Å². The zero-order valence-electron chi connectivity index (χ0n) is 17.7. The van der Waals surface area contributed by atoms with Crippen LogP contribution in [0.25, 0.3) is 21.5 Å². The van der Waals surface area contributed by atoms with Gasteiger partial charge in [-0.1, -0.05) is 25.5 Å². The Labute approximate surface area is 191 Å². The molecule has 0 saturated carbocycles. The molecule has 9 heteroatoms. The van der Waals surface area contributed by atoms with Gasteiger partial charge in [-0.2, -0.15) is 13.2 Å². The molecule has 0 unspecified atom stereocenters. The molecule has 0 fully saturated rings. The van der Waals surface area contributed by atoms with Gasteiger partial charge in [0.05, 0.1) is 22.6 Å². The molecule has 0 saturated heterocycles. The number of nitrogens with zero attached hydrogens (tertiary/aromatic N) is 1. The first-order chi connectivity index (χ1) is 15.7. The monoisotopic (exact) mass is 474 g/mol. The van der Waals surface area contributed by atoms with Crippen LogP contribution in [0.2, 0.25) is 0 Å². The molecule has 0 spiro atoms. The van der Waals surface area contributed by atoms with Crippen molar-refractivity contribution in [1.82, 2.24) is 9.97 Å². The number of carboxylic acids is 1. The van der Waals surface area contributed by atoms with Gasteiger partial charge in [0.2, 0.25) is 0 Å². The Morgan fingerprint density at radius 1 is 1.18 bits per heavy atom. The van der Waals surface area contributed by atoms with Crippen LogP contribution in [-0.2, 0) is 30.4 Å². The predicted octanol–water partition coefficient (Wildman–Crippen LogP) is 6.47. The Morgan fingerprint density at radius 3 is 2.61 bits per heavy atom. The highest BCUT2D eigenvalue weighted by atomic mass is 32.1. The summed E-state index contributed by atoms with van der Waals surface area (Å²) < 4.78 is 44.6. The zero-order chi connectivity index (χ0) is 23.6. The second-order valence-electron chi connectivity index (χ2n) is 7.59. The van der Waals surface area contributed by atoms with Crippen LogP contribution >= 0.6 is 11.3 Å². The average molecular weight is 475 g/mol. The van der Waals surface area contributed by atoms with Crippen molar-refractivity contribution in [2.24, 2.45) is 0 Å². The Kier molecular flexibility index (Phi) is 6.42. The first-order valence-corrected chi connectivity index (χ1v) is 11.2. The van der Waals surface area contributed by atoms with E-state index in [0.717, 1.165) is 46.4 Å². The zero-order valence-corrected chi connectivity index (χ0v) is 18.5. The fourth-order valence-electron chi connectivity index (χ4n) is 3.56. The summed E-state index contributed by atoms with van der Waals surface area (Å²) in [7, 11) is 0. The maximum Gasteiger partial charge on any atom is 0.416 e. The van der Waals surface area contributed by atoms with Gasteiger partial charge in [0, 0.05) is 22.7 Å². The lowest BCUT2D eigenvalue weighted by atomic mass is 10.1. The van der Waals surface area contributed by atoms with E-state index in [2.05, 4.69) is 9.97 Å². The lowest BCUT2D eigenvalue weighted by Gasteiger charge is -2.07. The van der Waals surface area contributed by atoms with E-state index in [9.17, 15) is 18.0 Å². The molecule has 0 radical (unpaired) electrons. The number of aliphatic carboxylic acids is 1. The van der Waals surface area contributed by atoms with Crippen LogP contribution in [0.1, 0.15) is 35.0 Å². The minimum atomic E-state index is -4.38. The molecule has 2 heterocycles. The molecular formula is C24H21F3N2O3S. The summed E-state index contributed by atoms with van der Waals surface area (Å²) in [5, 5.41) is 10.5. The summed E-state index contributed by atoms with van der Waals surface area (Å²) in [5.41, 5.74) is 2.31. The minimum absolute atomic E-state index is 0.0879. The Balaban J connectivity index is 1.55. The van der Waals surface area contributed by atoms with Gasteiger partial charge in [0.1, 0.15) is 17.4 Å².